The third kappa shape index (κ3) is 4.05. The van der Waals surface area contributed by atoms with E-state index in [-0.39, 0.29) is 0 Å². The Labute approximate surface area is 88.3 Å². The topological polar surface area (TPSA) is 3.88 Å². The van der Waals surface area contributed by atoms with Crippen LogP contribution in [0.15, 0.2) is 29.4 Å². The van der Waals surface area contributed by atoms with Gasteiger partial charge >= 0.3 is 0 Å². The van der Waals surface area contributed by atoms with Crippen LogP contribution in [0.4, 0.5) is 0 Å². The standard InChI is InChI=1S/C10H16NS2/c1-10(2,3)13-12-9-7-5-6-8-11(9)4/h5-8H,1-4H3/q+1. The molecule has 0 unspecified atom stereocenters. The van der Waals surface area contributed by atoms with Crippen molar-refractivity contribution in [1.29, 1.82) is 0 Å². The molecule has 0 radical (unpaired) electrons. The average Bonchev–Trinajstić information content (AvgIpc) is 2.01. The molecule has 0 aromatic carbocycles. The number of rotatable bonds is 2. The molecule has 1 aromatic rings. The Hall–Kier alpha value is -0.150. The van der Waals surface area contributed by atoms with Crippen molar-refractivity contribution in [2.75, 3.05) is 0 Å². The van der Waals surface area contributed by atoms with Gasteiger partial charge in [0.15, 0.2) is 6.20 Å². The summed E-state index contributed by atoms with van der Waals surface area (Å²) in [5, 5.41) is 1.29. The lowest BCUT2D eigenvalue weighted by Crippen LogP contribution is -2.29. The summed E-state index contributed by atoms with van der Waals surface area (Å²) < 4.78 is 2.46. The van der Waals surface area contributed by atoms with E-state index in [1.54, 1.807) is 0 Å². The van der Waals surface area contributed by atoms with Gasteiger partial charge in [0.2, 0.25) is 5.03 Å². The molecule has 0 spiro atoms. The smallest absolute Gasteiger partial charge is 0.195 e. The van der Waals surface area contributed by atoms with Crippen LogP contribution >= 0.6 is 21.6 Å². The number of aromatic nitrogens is 1. The summed E-state index contributed by atoms with van der Waals surface area (Å²) in [6.07, 6.45) is 2.07. The number of hydrogen-bond donors (Lipinski definition) is 0. The molecular weight excluding hydrogens is 198 g/mol. The molecule has 1 aromatic heterocycles. The van der Waals surface area contributed by atoms with Crippen LogP contribution in [0, 0.1) is 0 Å². The molecule has 1 nitrogen and oxygen atoms in total. The second kappa shape index (κ2) is 4.38. The van der Waals surface area contributed by atoms with Crippen molar-refractivity contribution >= 4 is 21.6 Å². The second-order valence-electron chi connectivity index (χ2n) is 3.93. The molecule has 1 heterocycles. The zero-order valence-electron chi connectivity index (χ0n) is 8.57. The summed E-state index contributed by atoms with van der Waals surface area (Å²) >= 11 is 0. The van der Waals surface area contributed by atoms with Gasteiger partial charge in [-0.05, 0) is 6.07 Å². The molecule has 0 bridgehead atoms. The van der Waals surface area contributed by atoms with E-state index in [0.29, 0.717) is 4.75 Å². The zero-order chi connectivity index (χ0) is 9.90. The van der Waals surface area contributed by atoms with Gasteiger partial charge in [-0.25, -0.2) is 0 Å². The molecule has 0 atom stereocenters. The monoisotopic (exact) mass is 214 g/mol. The van der Waals surface area contributed by atoms with Crippen LogP contribution < -0.4 is 4.57 Å². The van der Waals surface area contributed by atoms with Gasteiger partial charge in [0, 0.05) is 27.7 Å². The lowest BCUT2D eigenvalue weighted by atomic mass is 10.3. The summed E-state index contributed by atoms with van der Waals surface area (Å²) in [6.45, 7) is 6.69. The Balaban J connectivity index is 2.60. The molecule has 0 amide bonds. The maximum Gasteiger partial charge on any atom is 0.250 e. The Bertz CT molecular complexity index is 278. The molecule has 0 saturated heterocycles. The number of hydrogen-bond acceptors (Lipinski definition) is 2. The molecule has 1 rings (SSSR count). The first-order valence-electron chi connectivity index (χ1n) is 4.29. The van der Waals surface area contributed by atoms with E-state index in [4.69, 9.17) is 0 Å². The first-order valence-corrected chi connectivity index (χ1v) is 6.44. The molecule has 3 heteroatoms. The summed E-state index contributed by atoms with van der Waals surface area (Å²) in [5.74, 6) is 0. The van der Waals surface area contributed by atoms with Gasteiger partial charge in [-0.2, -0.15) is 4.57 Å². The van der Waals surface area contributed by atoms with Crippen LogP contribution in [0.25, 0.3) is 0 Å². The summed E-state index contributed by atoms with van der Waals surface area (Å²) in [6, 6.07) is 6.26. The Morgan fingerprint density at radius 2 is 1.92 bits per heavy atom. The van der Waals surface area contributed by atoms with E-state index in [9.17, 15) is 0 Å². The van der Waals surface area contributed by atoms with Crippen molar-refractivity contribution in [3.05, 3.63) is 24.4 Å². The van der Waals surface area contributed by atoms with Gasteiger partial charge in [0.1, 0.15) is 7.05 Å². The van der Waals surface area contributed by atoms with Crippen molar-refractivity contribution < 1.29 is 4.57 Å². The first-order chi connectivity index (χ1) is 5.99. The molecule has 0 aliphatic carbocycles. The fourth-order valence-corrected chi connectivity index (χ4v) is 2.94. The van der Waals surface area contributed by atoms with E-state index in [1.165, 1.54) is 5.03 Å². The van der Waals surface area contributed by atoms with E-state index in [1.807, 2.05) is 27.7 Å². The Morgan fingerprint density at radius 1 is 1.23 bits per heavy atom. The third-order valence-corrected chi connectivity index (χ3v) is 4.82. The number of aryl methyl sites for hydroxylation is 1. The fourth-order valence-electron chi connectivity index (χ4n) is 0.762. The van der Waals surface area contributed by atoms with Crippen molar-refractivity contribution in [2.24, 2.45) is 7.05 Å². The highest BCUT2D eigenvalue weighted by atomic mass is 33.1. The third-order valence-electron chi connectivity index (χ3n) is 1.38. The molecule has 0 aliphatic rings. The minimum atomic E-state index is 0.313. The molecule has 0 saturated carbocycles. The van der Waals surface area contributed by atoms with Gasteiger partial charge in [-0.3, -0.25) is 0 Å². The van der Waals surface area contributed by atoms with E-state index >= 15 is 0 Å². The Morgan fingerprint density at radius 3 is 2.46 bits per heavy atom. The van der Waals surface area contributed by atoms with Crippen molar-refractivity contribution in [3.8, 4) is 0 Å². The average molecular weight is 214 g/mol. The van der Waals surface area contributed by atoms with Crippen molar-refractivity contribution in [3.63, 3.8) is 0 Å². The summed E-state index contributed by atoms with van der Waals surface area (Å²) in [4.78, 5) is 0. The van der Waals surface area contributed by atoms with Gasteiger partial charge in [-0.1, -0.05) is 31.6 Å². The maximum atomic E-state index is 2.23. The second-order valence-corrected chi connectivity index (χ2v) is 6.91. The van der Waals surface area contributed by atoms with Crippen LogP contribution in [0.3, 0.4) is 0 Å². The highest BCUT2D eigenvalue weighted by Gasteiger charge is 2.15. The van der Waals surface area contributed by atoms with Crippen molar-refractivity contribution in [1.82, 2.24) is 0 Å². The van der Waals surface area contributed by atoms with Crippen LogP contribution in [0.5, 0.6) is 0 Å². The molecular formula is C10H16NS2+. The zero-order valence-corrected chi connectivity index (χ0v) is 10.2. The normalized spacial score (nSPS) is 11.7. The predicted octanol–water partition coefficient (Wildman–Crippen LogP) is 3.05. The largest absolute Gasteiger partial charge is 0.250 e. The highest BCUT2D eigenvalue weighted by molar-refractivity contribution is 8.77. The van der Waals surface area contributed by atoms with Gasteiger partial charge in [0.25, 0.3) is 0 Å². The van der Waals surface area contributed by atoms with Crippen LogP contribution in [-0.2, 0) is 7.05 Å². The van der Waals surface area contributed by atoms with Gasteiger partial charge in [-0.15, -0.1) is 0 Å². The Kier molecular flexibility index (Phi) is 3.68. The van der Waals surface area contributed by atoms with E-state index in [0.717, 1.165) is 0 Å². The minimum absolute atomic E-state index is 0.313. The SMILES string of the molecule is C[n+]1ccccc1SSC(C)(C)C. The number of nitrogens with zero attached hydrogens (tertiary/aromatic N) is 1. The van der Waals surface area contributed by atoms with Gasteiger partial charge < -0.3 is 0 Å². The molecule has 0 N–H and O–H groups in total. The van der Waals surface area contributed by atoms with Crippen LogP contribution in [0.2, 0.25) is 0 Å². The van der Waals surface area contributed by atoms with E-state index in [2.05, 4.69) is 50.7 Å². The lowest BCUT2D eigenvalue weighted by Gasteiger charge is -2.14. The quantitative estimate of drug-likeness (QED) is 0.550. The predicted molar refractivity (Wildman–Crippen MR) is 60.8 cm³/mol. The number of pyridine rings is 1. The maximum absolute atomic E-state index is 2.23. The summed E-state index contributed by atoms with van der Waals surface area (Å²) in [7, 11) is 5.81. The molecule has 0 aliphatic heterocycles. The van der Waals surface area contributed by atoms with Crippen molar-refractivity contribution in [2.45, 2.75) is 30.5 Å². The summed E-state index contributed by atoms with van der Waals surface area (Å²) in [5.41, 5.74) is 0. The van der Waals surface area contributed by atoms with E-state index < -0.39 is 0 Å². The molecule has 0 fully saturated rings. The van der Waals surface area contributed by atoms with Gasteiger partial charge in [0.05, 0.1) is 0 Å². The first kappa shape index (κ1) is 10.9. The molecule has 72 valence electrons. The fraction of sp³-hybridized carbons (Fsp3) is 0.500. The minimum Gasteiger partial charge on any atom is -0.195 e. The van der Waals surface area contributed by atoms with Crippen LogP contribution in [-0.4, -0.2) is 4.75 Å². The lowest BCUT2D eigenvalue weighted by molar-refractivity contribution is -0.708. The molecule has 13 heavy (non-hydrogen) atoms. The van der Waals surface area contributed by atoms with Crippen LogP contribution in [0.1, 0.15) is 20.8 Å². The highest BCUT2D eigenvalue weighted by Crippen LogP contribution is 2.38.